The van der Waals surface area contributed by atoms with E-state index in [-0.39, 0.29) is 11.3 Å². The van der Waals surface area contributed by atoms with Gasteiger partial charge in [0, 0.05) is 9.17 Å². The zero-order chi connectivity index (χ0) is 12.0. The van der Waals surface area contributed by atoms with Gasteiger partial charge >= 0.3 is 0 Å². The summed E-state index contributed by atoms with van der Waals surface area (Å²) in [5, 5.41) is 3.20. The summed E-state index contributed by atoms with van der Waals surface area (Å²) in [7, 11) is 0. The van der Waals surface area contributed by atoms with Crippen molar-refractivity contribution >= 4 is 45.9 Å². The number of amides is 1. The first-order valence-electron chi connectivity index (χ1n) is 5.68. The summed E-state index contributed by atoms with van der Waals surface area (Å²) in [6.45, 7) is 2.04. The molecule has 1 amide bonds. The second-order valence-electron chi connectivity index (χ2n) is 4.22. The van der Waals surface area contributed by atoms with E-state index >= 15 is 0 Å². The molecule has 16 heavy (non-hydrogen) atoms. The van der Waals surface area contributed by atoms with Crippen LogP contribution in [-0.4, -0.2) is 26.7 Å². The maximum absolute atomic E-state index is 11.6. The Balaban J connectivity index is 2.27. The van der Waals surface area contributed by atoms with Gasteiger partial charge in [-0.05, 0) is 19.3 Å². The van der Waals surface area contributed by atoms with Crippen molar-refractivity contribution in [3.8, 4) is 0 Å². The minimum atomic E-state index is -0.326. The Morgan fingerprint density at radius 2 is 2.19 bits per heavy atom. The lowest BCUT2D eigenvalue weighted by atomic mass is 10.2. The summed E-state index contributed by atoms with van der Waals surface area (Å²) in [5.41, 5.74) is 0. The van der Waals surface area contributed by atoms with Gasteiger partial charge in [0.05, 0.1) is 6.04 Å². The Kier molecular flexibility index (Phi) is 6.72. The highest BCUT2D eigenvalue weighted by atomic mass is 127. The lowest BCUT2D eigenvalue weighted by molar-refractivity contribution is -0.109. The number of alkyl halides is 1. The van der Waals surface area contributed by atoms with Crippen LogP contribution in [0.1, 0.15) is 39.0 Å². The smallest absolute Gasteiger partial charge is 0.279 e. The van der Waals surface area contributed by atoms with Crippen LogP contribution in [0.15, 0.2) is 0 Å². The number of halogens is 1. The number of thioether (sulfide) groups is 1. The highest BCUT2D eigenvalue weighted by molar-refractivity contribution is 14.1. The van der Waals surface area contributed by atoms with Crippen molar-refractivity contribution in [2.24, 2.45) is 0 Å². The van der Waals surface area contributed by atoms with Crippen molar-refractivity contribution in [3.05, 3.63) is 0 Å². The Bertz CT molecular complexity index is 242. The van der Waals surface area contributed by atoms with E-state index in [0.29, 0.717) is 15.6 Å². The summed E-state index contributed by atoms with van der Waals surface area (Å²) in [5.74, 6) is 0. The third kappa shape index (κ3) is 5.52. The first kappa shape index (κ1) is 14.3. The monoisotopic (exact) mass is 355 g/mol. The molecule has 0 aliphatic heterocycles. The van der Waals surface area contributed by atoms with Gasteiger partial charge in [0.25, 0.3) is 5.24 Å². The summed E-state index contributed by atoms with van der Waals surface area (Å²) in [6, 6.07) is -0.326. The molecule has 0 aromatic heterocycles. The molecule has 1 rings (SSSR count). The van der Waals surface area contributed by atoms with Gasteiger partial charge in [0.1, 0.15) is 6.29 Å². The van der Waals surface area contributed by atoms with Crippen LogP contribution in [0.4, 0.5) is 4.79 Å². The molecule has 0 spiro atoms. The van der Waals surface area contributed by atoms with E-state index in [1.165, 1.54) is 24.6 Å². The maximum atomic E-state index is 11.6. The minimum absolute atomic E-state index is 0.0407. The topological polar surface area (TPSA) is 46.2 Å². The molecule has 2 atom stereocenters. The van der Waals surface area contributed by atoms with E-state index in [1.54, 1.807) is 0 Å². The van der Waals surface area contributed by atoms with Crippen LogP contribution < -0.4 is 5.32 Å². The van der Waals surface area contributed by atoms with Crippen LogP contribution >= 0.6 is 34.4 Å². The number of nitrogens with one attached hydrogen (secondary N) is 1. The van der Waals surface area contributed by atoms with Gasteiger partial charge in [-0.2, -0.15) is 0 Å². The van der Waals surface area contributed by atoms with Crippen molar-refractivity contribution in [1.82, 2.24) is 5.32 Å². The standard InChI is InChI=1S/C11H18INO2S/c1-8(12)6-9(7-14)13-11(15)16-10-4-2-3-5-10/h7-10H,2-6H2,1H3,(H,13,15). The van der Waals surface area contributed by atoms with E-state index in [0.717, 1.165) is 19.1 Å². The SMILES string of the molecule is CC(I)CC(C=O)NC(=O)SC1CCCC1. The number of aldehydes is 1. The summed E-state index contributed by atoms with van der Waals surface area (Å²) >= 11 is 3.63. The number of carbonyl (C=O) groups excluding carboxylic acids is 2. The van der Waals surface area contributed by atoms with Gasteiger partial charge in [0.2, 0.25) is 0 Å². The maximum Gasteiger partial charge on any atom is 0.279 e. The number of hydrogen-bond donors (Lipinski definition) is 1. The molecule has 1 N–H and O–H groups in total. The lowest BCUT2D eigenvalue weighted by Crippen LogP contribution is -2.35. The van der Waals surface area contributed by atoms with Crippen molar-refractivity contribution < 1.29 is 9.59 Å². The summed E-state index contributed by atoms with van der Waals surface area (Å²) in [4.78, 5) is 22.4. The molecule has 2 unspecified atom stereocenters. The molecular weight excluding hydrogens is 337 g/mol. The number of carbonyl (C=O) groups is 2. The largest absolute Gasteiger partial charge is 0.337 e. The number of hydrogen-bond acceptors (Lipinski definition) is 3. The van der Waals surface area contributed by atoms with E-state index in [4.69, 9.17) is 0 Å². The Morgan fingerprint density at radius 1 is 1.56 bits per heavy atom. The van der Waals surface area contributed by atoms with Crippen molar-refractivity contribution in [3.63, 3.8) is 0 Å². The molecule has 3 nitrogen and oxygen atoms in total. The Morgan fingerprint density at radius 3 is 2.69 bits per heavy atom. The molecule has 0 bridgehead atoms. The molecule has 0 aromatic carbocycles. The zero-order valence-corrected chi connectivity index (χ0v) is 12.4. The molecule has 1 fully saturated rings. The van der Waals surface area contributed by atoms with E-state index in [1.807, 2.05) is 6.92 Å². The molecule has 0 saturated heterocycles. The summed E-state index contributed by atoms with van der Waals surface area (Å²) < 4.78 is 0.393. The zero-order valence-electron chi connectivity index (χ0n) is 9.45. The van der Waals surface area contributed by atoms with Gasteiger partial charge in [-0.3, -0.25) is 4.79 Å². The van der Waals surface area contributed by atoms with Crippen molar-refractivity contribution in [1.29, 1.82) is 0 Å². The van der Waals surface area contributed by atoms with Gasteiger partial charge < -0.3 is 10.1 Å². The Hall–Kier alpha value is 0.220. The molecule has 1 aliphatic rings. The van der Waals surface area contributed by atoms with Crippen LogP contribution in [0.5, 0.6) is 0 Å². The van der Waals surface area contributed by atoms with Crippen molar-refractivity contribution in [2.75, 3.05) is 0 Å². The van der Waals surface area contributed by atoms with Crippen molar-refractivity contribution in [2.45, 2.75) is 54.2 Å². The quantitative estimate of drug-likeness (QED) is 0.468. The Labute approximate surface area is 115 Å². The van der Waals surface area contributed by atoms with Crippen LogP contribution in [0.2, 0.25) is 0 Å². The first-order chi connectivity index (χ1) is 7.61. The van der Waals surface area contributed by atoms with Crippen LogP contribution in [-0.2, 0) is 4.79 Å². The van der Waals surface area contributed by atoms with E-state index in [9.17, 15) is 9.59 Å². The predicted molar refractivity (Wildman–Crippen MR) is 76.3 cm³/mol. The van der Waals surface area contributed by atoms with Gasteiger partial charge in [-0.1, -0.05) is 54.1 Å². The highest BCUT2D eigenvalue weighted by Crippen LogP contribution is 2.29. The minimum Gasteiger partial charge on any atom is -0.337 e. The highest BCUT2D eigenvalue weighted by Gasteiger charge is 2.21. The fourth-order valence-electron chi connectivity index (χ4n) is 1.84. The first-order valence-corrected chi connectivity index (χ1v) is 7.81. The summed E-state index contributed by atoms with van der Waals surface area (Å²) in [6.07, 6.45) is 6.27. The average molecular weight is 355 g/mol. The van der Waals surface area contributed by atoms with Gasteiger partial charge in [-0.15, -0.1) is 0 Å². The van der Waals surface area contributed by atoms with Crippen LogP contribution in [0, 0.1) is 0 Å². The molecule has 5 heteroatoms. The van der Waals surface area contributed by atoms with E-state index < -0.39 is 0 Å². The van der Waals surface area contributed by atoms with Crippen LogP contribution in [0.3, 0.4) is 0 Å². The fraction of sp³-hybridized carbons (Fsp3) is 0.818. The van der Waals surface area contributed by atoms with E-state index in [2.05, 4.69) is 27.9 Å². The molecule has 0 radical (unpaired) electrons. The lowest BCUT2D eigenvalue weighted by Gasteiger charge is -2.15. The molecule has 1 saturated carbocycles. The van der Waals surface area contributed by atoms with Crippen LogP contribution in [0.25, 0.3) is 0 Å². The molecule has 92 valence electrons. The third-order valence-electron chi connectivity index (χ3n) is 2.62. The predicted octanol–water partition coefficient (Wildman–Crippen LogP) is 3.15. The molecule has 1 aliphatic carbocycles. The average Bonchev–Trinajstić information content (AvgIpc) is 2.68. The third-order valence-corrected chi connectivity index (χ3v) is 4.27. The molecular formula is C11H18INO2S. The second kappa shape index (κ2) is 7.53. The van der Waals surface area contributed by atoms with Gasteiger partial charge in [0.15, 0.2) is 0 Å². The molecule has 0 aromatic rings. The number of rotatable bonds is 5. The normalized spacial score (nSPS) is 20.4. The second-order valence-corrected chi connectivity index (χ2v) is 7.61. The molecule has 0 heterocycles. The fourth-order valence-corrected chi connectivity index (χ4v) is 3.48. The van der Waals surface area contributed by atoms with Gasteiger partial charge in [-0.25, -0.2) is 0 Å².